The number of halogens is 1. The number of aliphatic hydroxyl groups is 1. The summed E-state index contributed by atoms with van der Waals surface area (Å²) in [7, 11) is 1.53. The van der Waals surface area contributed by atoms with Crippen LogP contribution in [0.4, 0.5) is 0 Å². The standard InChI is InChI=1S/C15H14ClNO3S/c1-19-14-6-9(8-18)2-4-13(14)20-12-5-3-10(15(17)21)7-11(12)16/h2-7,18H,8H2,1H3,(H2,17,21). The van der Waals surface area contributed by atoms with Crippen LogP contribution in [0.3, 0.4) is 0 Å². The molecule has 3 N–H and O–H groups in total. The van der Waals surface area contributed by atoms with E-state index in [9.17, 15) is 0 Å². The summed E-state index contributed by atoms with van der Waals surface area (Å²) in [5.41, 5.74) is 6.95. The maximum absolute atomic E-state index is 9.12. The van der Waals surface area contributed by atoms with Crippen LogP contribution in [0, 0.1) is 0 Å². The van der Waals surface area contributed by atoms with E-state index < -0.39 is 0 Å². The number of thiocarbonyl (C=S) groups is 1. The number of methoxy groups -OCH3 is 1. The number of ether oxygens (including phenoxy) is 2. The summed E-state index contributed by atoms with van der Waals surface area (Å²) in [5.74, 6) is 1.47. The molecule has 0 amide bonds. The SMILES string of the molecule is COc1cc(CO)ccc1Oc1ccc(C(N)=S)cc1Cl. The average Bonchev–Trinajstić information content (AvgIpc) is 2.49. The van der Waals surface area contributed by atoms with Crippen molar-refractivity contribution in [1.82, 2.24) is 0 Å². The van der Waals surface area contributed by atoms with E-state index in [0.29, 0.717) is 27.8 Å². The number of nitrogens with two attached hydrogens (primary N) is 1. The van der Waals surface area contributed by atoms with Gasteiger partial charge in [0.25, 0.3) is 0 Å². The van der Waals surface area contributed by atoms with E-state index in [-0.39, 0.29) is 11.6 Å². The van der Waals surface area contributed by atoms with Crippen molar-refractivity contribution in [2.75, 3.05) is 7.11 Å². The van der Waals surface area contributed by atoms with Crippen LogP contribution in [0.5, 0.6) is 17.2 Å². The molecule has 0 aliphatic heterocycles. The van der Waals surface area contributed by atoms with Crippen molar-refractivity contribution in [1.29, 1.82) is 0 Å². The quantitative estimate of drug-likeness (QED) is 0.827. The fourth-order valence-corrected chi connectivity index (χ4v) is 2.10. The molecule has 2 rings (SSSR count). The molecule has 0 saturated heterocycles. The van der Waals surface area contributed by atoms with Gasteiger partial charge < -0.3 is 20.3 Å². The first kappa shape index (κ1) is 15.6. The van der Waals surface area contributed by atoms with Crippen molar-refractivity contribution < 1.29 is 14.6 Å². The summed E-state index contributed by atoms with van der Waals surface area (Å²) in [6, 6.07) is 10.2. The van der Waals surface area contributed by atoms with Gasteiger partial charge in [0.15, 0.2) is 11.5 Å². The minimum atomic E-state index is -0.0694. The second-order valence-corrected chi connectivity index (χ2v) is 5.10. The molecule has 21 heavy (non-hydrogen) atoms. The molecule has 0 saturated carbocycles. The van der Waals surface area contributed by atoms with Gasteiger partial charge in [-0.15, -0.1) is 0 Å². The fraction of sp³-hybridized carbons (Fsp3) is 0.133. The van der Waals surface area contributed by atoms with E-state index in [1.807, 2.05) is 0 Å². The normalized spacial score (nSPS) is 10.2. The lowest BCUT2D eigenvalue weighted by Crippen LogP contribution is -2.08. The van der Waals surface area contributed by atoms with Gasteiger partial charge in [0.05, 0.1) is 18.7 Å². The van der Waals surface area contributed by atoms with Gasteiger partial charge in [-0.25, -0.2) is 0 Å². The summed E-state index contributed by atoms with van der Waals surface area (Å²) >= 11 is 11.1. The zero-order valence-electron chi connectivity index (χ0n) is 11.3. The Labute approximate surface area is 133 Å². The van der Waals surface area contributed by atoms with Crippen LogP contribution in [0.15, 0.2) is 36.4 Å². The van der Waals surface area contributed by atoms with Crippen LogP contribution < -0.4 is 15.2 Å². The Morgan fingerprint density at radius 2 is 1.90 bits per heavy atom. The molecule has 0 radical (unpaired) electrons. The number of rotatable bonds is 5. The van der Waals surface area contributed by atoms with Gasteiger partial charge in [-0.1, -0.05) is 29.9 Å². The molecule has 0 fully saturated rings. The lowest BCUT2D eigenvalue weighted by molar-refractivity contribution is 0.280. The first-order valence-electron chi connectivity index (χ1n) is 6.10. The number of aliphatic hydroxyl groups excluding tert-OH is 1. The predicted octanol–water partition coefficient (Wildman–Crippen LogP) is 3.27. The monoisotopic (exact) mass is 323 g/mol. The van der Waals surface area contributed by atoms with Crippen LogP contribution in [0.2, 0.25) is 5.02 Å². The molecule has 0 aliphatic rings. The molecule has 0 aromatic heterocycles. The summed E-state index contributed by atoms with van der Waals surface area (Å²) < 4.78 is 11.0. The van der Waals surface area contributed by atoms with Gasteiger partial charge in [-0.05, 0) is 35.9 Å². The Hall–Kier alpha value is -1.82. The summed E-state index contributed by atoms with van der Waals surface area (Å²) in [5, 5.41) is 9.52. The topological polar surface area (TPSA) is 64.7 Å². The Morgan fingerprint density at radius 3 is 2.48 bits per heavy atom. The highest BCUT2D eigenvalue weighted by Crippen LogP contribution is 2.36. The maximum atomic E-state index is 9.12. The van der Waals surface area contributed by atoms with Gasteiger partial charge in [0, 0.05) is 5.56 Å². The summed E-state index contributed by atoms with van der Waals surface area (Å²) in [6.45, 7) is -0.0694. The molecule has 110 valence electrons. The molecule has 0 heterocycles. The number of hydrogen-bond donors (Lipinski definition) is 2. The highest BCUT2D eigenvalue weighted by atomic mass is 35.5. The van der Waals surface area contributed by atoms with E-state index in [0.717, 1.165) is 5.56 Å². The van der Waals surface area contributed by atoms with Crippen molar-refractivity contribution >= 4 is 28.8 Å². The second kappa shape index (κ2) is 6.76. The fourth-order valence-electron chi connectivity index (χ4n) is 1.75. The third kappa shape index (κ3) is 3.64. The van der Waals surface area contributed by atoms with Gasteiger partial charge >= 0.3 is 0 Å². The lowest BCUT2D eigenvalue weighted by atomic mass is 10.2. The second-order valence-electron chi connectivity index (χ2n) is 4.25. The third-order valence-corrected chi connectivity index (χ3v) is 3.38. The zero-order chi connectivity index (χ0) is 15.4. The van der Waals surface area contributed by atoms with E-state index >= 15 is 0 Å². The number of benzene rings is 2. The molecule has 4 nitrogen and oxygen atoms in total. The molecule has 2 aromatic carbocycles. The Balaban J connectivity index is 2.32. The van der Waals surface area contributed by atoms with Crippen LogP contribution in [0.25, 0.3) is 0 Å². The molecule has 0 bridgehead atoms. The Kier molecular flexibility index (Phi) is 5.01. The molecule has 0 unspecified atom stereocenters. The van der Waals surface area contributed by atoms with E-state index in [1.54, 1.807) is 36.4 Å². The minimum Gasteiger partial charge on any atom is -0.493 e. The zero-order valence-corrected chi connectivity index (χ0v) is 12.9. The third-order valence-electron chi connectivity index (χ3n) is 2.85. The Bertz CT molecular complexity index is 676. The van der Waals surface area contributed by atoms with Gasteiger partial charge in [-0.3, -0.25) is 0 Å². The molecule has 2 aromatic rings. The highest BCUT2D eigenvalue weighted by molar-refractivity contribution is 7.80. The molecular weight excluding hydrogens is 310 g/mol. The van der Waals surface area contributed by atoms with Gasteiger partial charge in [0.2, 0.25) is 0 Å². The van der Waals surface area contributed by atoms with E-state index in [1.165, 1.54) is 7.11 Å². The van der Waals surface area contributed by atoms with E-state index in [4.69, 9.17) is 44.1 Å². The Morgan fingerprint density at radius 1 is 1.19 bits per heavy atom. The molecule has 0 aliphatic carbocycles. The largest absolute Gasteiger partial charge is 0.493 e. The maximum Gasteiger partial charge on any atom is 0.169 e. The van der Waals surface area contributed by atoms with Crippen molar-refractivity contribution in [3.8, 4) is 17.2 Å². The van der Waals surface area contributed by atoms with Crippen molar-refractivity contribution in [3.05, 3.63) is 52.5 Å². The van der Waals surface area contributed by atoms with Crippen LogP contribution in [-0.4, -0.2) is 17.2 Å². The van der Waals surface area contributed by atoms with Crippen molar-refractivity contribution in [3.63, 3.8) is 0 Å². The van der Waals surface area contributed by atoms with Crippen LogP contribution in [0.1, 0.15) is 11.1 Å². The van der Waals surface area contributed by atoms with E-state index in [2.05, 4.69) is 0 Å². The number of hydrogen-bond acceptors (Lipinski definition) is 4. The lowest BCUT2D eigenvalue weighted by Gasteiger charge is -2.13. The van der Waals surface area contributed by atoms with Crippen LogP contribution in [-0.2, 0) is 6.61 Å². The van der Waals surface area contributed by atoms with Crippen molar-refractivity contribution in [2.45, 2.75) is 6.61 Å². The molecular formula is C15H14ClNO3S. The highest BCUT2D eigenvalue weighted by Gasteiger charge is 2.10. The summed E-state index contributed by atoms with van der Waals surface area (Å²) in [4.78, 5) is 0.272. The first-order chi connectivity index (χ1) is 10.0. The van der Waals surface area contributed by atoms with Gasteiger partial charge in [0.1, 0.15) is 10.7 Å². The first-order valence-corrected chi connectivity index (χ1v) is 6.88. The average molecular weight is 324 g/mol. The van der Waals surface area contributed by atoms with Gasteiger partial charge in [-0.2, -0.15) is 0 Å². The molecule has 0 spiro atoms. The molecule has 0 atom stereocenters. The molecule has 6 heteroatoms. The summed E-state index contributed by atoms with van der Waals surface area (Å²) in [6.07, 6.45) is 0. The minimum absolute atomic E-state index is 0.0694. The van der Waals surface area contributed by atoms with Crippen molar-refractivity contribution in [2.24, 2.45) is 5.73 Å². The van der Waals surface area contributed by atoms with Crippen LogP contribution >= 0.6 is 23.8 Å². The predicted molar refractivity (Wildman–Crippen MR) is 86.3 cm³/mol. The smallest absolute Gasteiger partial charge is 0.169 e.